The molecule has 0 saturated carbocycles. The molecule has 1 aliphatic rings. The quantitative estimate of drug-likeness (QED) is 0.657. The van der Waals surface area contributed by atoms with Gasteiger partial charge < -0.3 is 19.3 Å². The Labute approximate surface area is 173 Å². The molecule has 0 amide bonds. The van der Waals surface area contributed by atoms with Crippen LogP contribution < -0.4 is 14.2 Å². The molecule has 29 heavy (non-hydrogen) atoms. The lowest BCUT2D eigenvalue weighted by Gasteiger charge is -2.34. The lowest BCUT2D eigenvalue weighted by Crippen LogP contribution is -2.34. The molecule has 4 rings (SSSR count). The van der Waals surface area contributed by atoms with E-state index in [4.69, 9.17) is 14.2 Å². The molecule has 8 nitrogen and oxygen atoms in total. The number of likely N-dealkylation sites (tertiary alicyclic amines) is 1. The van der Waals surface area contributed by atoms with Gasteiger partial charge in [0.05, 0.1) is 32.2 Å². The van der Waals surface area contributed by atoms with Gasteiger partial charge in [-0.15, -0.1) is 5.10 Å². The molecule has 1 N–H and O–H groups in total. The first-order valence-corrected chi connectivity index (χ1v) is 10.5. The van der Waals surface area contributed by atoms with Crippen molar-refractivity contribution >= 4 is 16.3 Å². The highest BCUT2D eigenvalue weighted by molar-refractivity contribution is 7.17. The van der Waals surface area contributed by atoms with E-state index >= 15 is 0 Å². The van der Waals surface area contributed by atoms with Gasteiger partial charge in [-0.3, -0.25) is 4.90 Å². The highest BCUT2D eigenvalue weighted by Crippen LogP contribution is 2.46. The topological polar surface area (TPSA) is 81.4 Å². The summed E-state index contributed by atoms with van der Waals surface area (Å²) >= 11 is 1.46. The van der Waals surface area contributed by atoms with Gasteiger partial charge in [0.1, 0.15) is 5.82 Å². The number of piperidine rings is 1. The summed E-state index contributed by atoms with van der Waals surface area (Å²) in [5.41, 5.74) is 0.970. The van der Waals surface area contributed by atoms with E-state index in [0.29, 0.717) is 28.0 Å². The Morgan fingerprint density at radius 3 is 2.24 bits per heavy atom. The van der Waals surface area contributed by atoms with Crippen molar-refractivity contribution in [2.24, 2.45) is 0 Å². The monoisotopic (exact) mass is 418 g/mol. The third-order valence-electron chi connectivity index (χ3n) is 5.31. The van der Waals surface area contributed by atoms with Gasteiger partial charge in [0.15, 0.2) is 11.5 Å². The molecular weight excluding hydrogens is 392 g/mol. The number of fused-ring (bicyclic) bond motifs is 1. The number of benzene rings is 1. The Morgan fingerprint density at radius 1 is 1.03 bits per heavy atom. The Morgan fingerprint density at radius 2 is 1.69 bits per heavy atom. The molecule has 3 aromatic rings. The number of hydrogen-bond acceptors (Lipinski definition) is 8. The molecule has 1 aliphatic heterocycles. The minimum absolute atomic E-state index is 0.134. The minimum atomic E-state index is -0.155. The van der Waals surface area contributed by atoms with Crippen molar-refractivity contribution in [1.29, 1.82) is 0 Å². The van der Waals surface area contributed by atoms with Crippen molar-refractivity contribution in [2.75, 3.05) is 34.4 Å². The molecule has 0 bridgehead atoms. The Balaban J connectivity index is 1.88. The van der Waals surface area contributed by atoms with Crippen LogP contribution in [0.5, 0.6) is 23.1 Å². The van der Waals surface area contributed by atoms with Crippen LogP contribution in [0.25, 0.3) is 4.96 Å². The molecule has 0 spiro atoms. The van der Waals surface area contributed by atoms with Gasteiger partial charge in [0.25, 0.3) is 0 Å². The fourth-order valence-electron chi connectivity index (χ4n) is 3.99. The maximum atomic E-state index is 11.0. The van der Waals surface area contributed by atoms with Crippen LogP contribution in [-0.2, 0) is 0 Å². The fraction of sp³-hybridized carbons (Fsp3) is 0.500. The van der Waals surface area contributed by atoms with Gasteiger partial charge in [-0.25, -0.2) is 4.98 Å². The van der Waals surface area contributed by atoms with Crippen LogP contribution >= 0.6 is 11.3 Å². The number of methoxy groups -OCH3 is 3. The third-order valence-corrected chi connectivity index (χ3v) is 6.39. The summed E-state index contributed by atoms with van der Waals surface area (Å²) < 4.78 is 18.1. The number of hydrogen-bond donors (Lipinski definition) is 1. The molecule has 1 atom stereocenters. The molecule has 1 aromatic carbocycles. The van der Waals surface area contributed by atoms with Crippen molar-refractivity contribution in [2.45, 2.75) is 32.2 Å². The van der Waals surface area contributed by atoms with E-state index in [-0.39, 0.29) is 11.9 Å². The molecule has 9 heteroatoms. The minimum Gasteiger partial charge on any atom is -0.493 e. The lowest BCUT2D eigenvalue weighted by molar-refractivity contribution is 0.186. The van der Waals surface area contributed by atoms with E-state index in [2.05, 4.69) is 15.0 Å². The summed E-state index contributed by atoms with van der Waals surface area (Å²) in [6.07, 6.45) is 3.47. The van der Waals surface area contributed by atoms with Crippen LogP contribution in [0.4, 0.5) is 0 Å². The standard InChI is InChI=1S/C20H26N4O4S/c1-12-21-20-24(22-12)19(25)18(29-20)16(23-8-6-5-7-9-23)13-10-14(26-2)17(28-4)15(11-13)27-3/h10-11,16,25H,5-9H2,1-4H3/t16-/m0/s1. The first kappa shape index (κ1) is 19.8. The number of aromatic hydroxyl groups is 1. The van der Waals surface area contributed by atoms with Crippen LogP contribution in [0.1, 0.15) is 41.6 Å². The molecule has 2 aromatic heterocycles. The first-order chi connectivity index (χ1) is 14.1. The van der Waals surface area contributed by atoms with Crippen LogP contribution in [0, 0.1) is 6.92 Å². The van der Waals surface area contributed by atoms with Crippen molar-refractivity contribution in [3.05, 3.63) is 28.4 Å². The summed E-state index contributed by atoms with van der Waals surface area (Å²) in [5.74, 6) is 2.52. The predicted octanol–water partition coefficient (Wildman–Crippen LogP) is 3.41. The van der Waals surface area contributed by atoms with E-state index in [1.165, 1.54) is 22.3 Å². The van der Waals surface area contributed by atoms with Crippen LogP contribution in [-0.4, -0.2) is 59.0 Å². The number of thiazole rings is 1. The van der Waals surface area contributed by atoms with Crippen LogP contribution in [0.2, 0.25) is 0 Å². The van der Waals surface area contributed by atoms with Crippen molar-refractivity contribution in [1.82, 2.24) is 19.5 Å². The molecular formula is C20H26N4O4S. The highest BCUT2D eigenvalue weighted by Gasteiger charge is 2.32. The van der Waals surface area contributed by atoms with Crippen molar-refractivity contribution < 1.29 is 19.3 Å². The Kier molecular flexibility index (Phi) is 5.51. The van der Waals surface area contributed by atoms with Gasteiger partial charge in [0, 0.05) is 0 Å². The SMILES string of the molecule is COc1cc([C@@H](c2sc3nc(C)nn3c2O)N2CCCCC2)cc(OC)c1OC. The zero-order valence-corrected chi connectivity index (χ0v) is 18.0. The molecule has 3 heterocycles. The number of aryl methyl sites for hydroxylation is 1. The average molecular weight is 419 g/mol. The second-order valence-electron chi connectivity index (χ2n) is 7.10. The summed E-state index contributed by atoms with van der Waals surface area (Å²) in [5, 5.41) is 15.3. The molecule has 1 saturated heterocycles. The molecule has 0 unspecified atom stereocenters. The lowest BCUT2D eigenvalue weighted by atomic mass is 9.99. The van der Waals surface area contributed by atoms with Gasteiger partial charge in [-0.2, -0.15) is 4.52 Å². The number of aromatic nitrogens is 3. The number of nitrogens with zero attached hydrogens (tertiary/aromatic N) is 4. The maximum Gasteiger partial charge on any atom is 0.230 e. The highest BCUT2D eigenvalue weighted by atomic mass is 32.1. The van der Waals surface area contributed by atoms with Gasteiger partial charge in [-0.05, 0) is 50.6 Å². The first-order valence-electron chi connectivity index (χ1n) is 9.66. The Bertz CT molecular complexity index is 984. The maximum absolute atomic E-state index is 11.0. The molecule has 0 radical (unpaired) electrons. The average Bonchev–Trinajstić information content (AvgIpc) is 3.25. The van der Waals surface area contributed by atoms with Crippen LogP contribution in [0.15, 0.2) is 12.1 Å². The zero-order valence-electron chi connectivity index (χ0n) is 17.1. The molecule has 1 fully saturated rings. The van der Waals surface area contributed by atoms with E-state index in [1.807, 2.05) is 19.1 Å². The summed E-state index contributed by atoms with van der Waals surface area (Å²) in [6.45, 7) is 3.72. The van der Waals surface area contributed by atoms with E-state index in [0.717, 1.165) is 36.4 Å². The van der Waals surface area contributed by atoms with E-state index in [9.17, 15) is 5.11 Å². The second-order valence-corrected chi connectivity index (χ2v) is 8.11. The summed E-state index contributed by atoms with van der Waals surface area (Å²) in [4.78, 5) is 8.32. The van der Waals surface area contributed by atoms with Gasteiger partial charge >= 0.3 is 0 Å². The van der Waals surface area contributed by atoms with Gasteiger partial charge in [0.2, 0.25) is 16.6 Å². The fourth-order valence-corrected chi connectivity index (χ4v) is 5.15. The number of rotatable bonds is 6. The van der Waals surface area contributed by atoms with E-state index in [1.54, 1.807) is 21.3 Å². The number of ether oxygens (including phenoxy) is 3. The summed E-state index contributed by atoms with van der Waals surface area (Å²) in [6, 6.07) is 3.76. The second kappa shape index (κ2) is 8.08. The van der Waals surface area contributed by atoms with Crippen molar-refractivity contribution in [3.63, 3.8) is 0 Å². The summed E-state index contributed by atoms with van der Waals surface area (Å²) in [7, 11) is 4.82. The zero-order chi connectivity index (χ0) is 20.5. The van der Waals surface area contributed by atoms with Crippen LogP contribution in [0.3, 0.4) is 0 Å². The van der Waals surface area contributed by atoms with Crippen molar-refractivity contribution in [3.8, 4) is 23.1 Å². The third kappa shape index (κ3) is 3.49. The molecule has 0 aliphatic carbocycles. The van der Waals surface area contributed by atoms with E-state index < -0.39 is 0 Å². The normalized spacial score (nSPS) is 16.1. The largest absolute Gasteiger partial charge is 0.493 e. The Hall–Kier alpha value is -2.52. The molecule has 156 valence electrons. The predicted molar refractivity (Wildman–Crippen MR) is 111 cm³/mol. The van der Waals surface area contributed by atoms with Gasteiger partial charge in [-0.1, -0.05) is 17.8 Å². The smallest absolute Gasteiger partial charge is 0.230 e.